The van der Waals surface area contributed by atoms with E-state index in [0.29, 0.717) is 11.6 Å². The summed E-state index contributed by atoms with van der Waals surface area (Å²) in [5, 5.41) is 20.0. The highest BCUT2D eigenvalue weighted by molar-refractivity contribution is 6.58. The van der Waals surface area contributed by atoms with Crippen molar-refractivity contribution in [1.29, 1.82) is 0 Å². The van der Waals surface area contributed by atoms with Gasteiger partial charge in [0.2, 0.25) is 0 Å². The summed E-state index contributed by atoms with van der Waals surface area (Å²) in [6, 6.07) is 1.80. The van der Waals surface area contributed by atoms with E-state index in [1.807, 2.05) is 0 Å². The molecule has 0 radical (unpaired) electrons. The fraction of sp³-hybridized carbons (Fsp3) is 0.714. The molecule has 0 aliphatic heterocycles. The molecule has 0 fully saturated rings. The minimum atomic E-state index is -1.18. The third-order valence-electron chi connectivity index (χ3n) is 3.44. The van der Waals surface area contributed by atoms with Crippen LogP contribution in [-0.4, -0.2) is 28.5 Å². The van der Waals surface area contributed by atoms with Gasteiger partial charge in [0.25, 0.3) is 0 Å². The second-order valence-electron chi connectivity index (χ2n) is 6.49. The number of furan rings is 1. The van der Waals surface area contributed by atoms with Gasteiger partial charge in [0.05, 0.1) is 17.5 Å². The van der Waals surface area contributed by atoms with Crippen LogP contribution in [-0.2, 0) is 11.1 Å². The molecule has 0 bridgehead atoms. The zero-order valence-corrected chi connectivity index (χ0v) is 12.7. The molecule has 5 heteroatoms. The third kappa shape index (κ3) is 4.37. The SMILES string of the molecule is CC(C)Cc1coc(B(O)OC(C)(C)C(C)(C)O)c1. The Balaban J connectivity index is 2.73. The average Bonchev–Trinajstić information content (AvgIpc) is 2.62. The van der Waals surface area contributed by atoms with Crippen molar-refractivity contribution in [1.82, 2.24) is 0 Å². The molecule has 19 heavy (non-hydrogen) atoms. The van der Waals surface area contributed by atoms with Crippen LogP contribution in [0.3, 0.4) is 0 Å². The molecule has 0 aromatic carbocycles. The number of hydrogen-bond acceptors (Lipinski definition) is 4. The lowest BCUT2D eigenvalue weighted by molar-refractivity contribution is -0.0986. The second kappa shape index (κ2) is 5.69. The zero-order valence-electron chi connectivity index (χ0n) is 12.7. The molecular formula is C14H25BO4. The standard InChI is InChI=1S/C14H25BO4/c1-10(2)7-11-8-12(18-9-11)15(17)19-14(5,6)13(3,4)16/h8-10,16-17H,7H2,1-6H3. The molecule has 0 unspecified atom stereocenters. The summed E-state index contributed by atoms with van der Waals surface area (Å²) >= 11 is 0. The Morgan fingerprint density at radius 1 is 1.32 bits per heavy atom. The van der Waals surface area contributed by atoms with Gasteiger partial charge >= 0.3 is 7.12 Å². The van der Waals surface area contributed by atoms with Crippen LogP contribution < -0.4 is 5.66 Å². The Hall–Kier alpha value is -0.775. The molecule has 0 spiro atoms. The van der Waals surface area contributed by atoms with E-state index in [1.165, 1.54) is 0 Å². The number of rotatable bonds is 6. The van der Waals surface area contributed by atoms with E-state index in [1.54, 1.807) is 40.0 Å². The highest BCUT2D eigenvalue weighted by atomic mass is 16.6. The summed E-state index contributed by atoms with van der Waals surface area (Å²) < 4.78 is 10.8. The summed E-state index contributed by atoms with van der Waals surface area (Å²) in [5.41, 5.74) is -0.555. The van der Waals surface area contributed by atoms with Crippen molar-refractivity contribution in [3.63, 3.8) is 0 Å². The summed E-state index contributed by atoms with van der Waals surface area (Å²) in [6.07, 6.45) is 2.53. The van der Waals surface area contributed by atoms with Gasteiger partial charge in [-0.1, -0.05) is 13.8 Å². The van der Waals surface area contributed by atoms with Crippen LogP contribution in [0.25, 0.3) is 0 Å². The van der Waals surface area contributed by atoms with Crippen LogP contribution in [0, 0.1) is 5.92 Å². The van der Waals surface area contributed by atoms with Crippen molar-refractivity contribution in [3.05, 3.63) is 17.9 Å². The normalized spacial score (nSPS) is 13.1. The minimum absolute atomic E-state index is 0.368. The first-order valence-electron chi connectivity index (χ1n) is 6.68. The molecule has 0 atom stereocenters. The van der Waals surface area contributed by atoms with Gasteiger partial charge in [0, 0.05) is 0 Å². The Kier molecular flexibility index (Phi) is 4.88. The van der Waals surface area contributed by atoms with Gasteiger partial charge in [0.1, 0.15) is 5.66 Å². The van der Waals surface area contributed by atoms with Crippen molar-refractivity contribution in [2.45, 2.75) is 59.2 Å². The Bertz CT molecular complexity index is 404. The minimum Gasteiger partial charge on any atom is -0.473 e. The summed E-state index contributed by atoms with van der Waals surface area (Å²) in [6.45, 7) is 11.0. The van der Waals surface area contributed by atoms with E-state index in [-0.39, 0.29) is 0 Å². The highest BCUT2D eigenvalue weighted by Crippen LogP contribution is 2.25. The number of aliphatic hydroxyl groups is 1. The summed E-state index contributed by atoms with van der Waals surface area (Å²) in [7, 11) is -1.18. The molecule has 0 saturated heterocycles. The van der Waals surface area contributed by atoms with Crippen LogP contribution in [0.15, 0.2) is 16.7 Å². The quantitative estimate of drug-likeness (QED) is 0.771. The van der Waals surface area contributed by atoms with E-state index >= 15 is 0 Å². The van der Waals surface area contributed by atoms with Gasteiger partial charge in [-0.15, -0.1) is 0 Å². The van der Waals surface area contributed by atoms with Crippen LogP contribution in [0.2, 0.25) is 0 Å². The first-order valence-corrected chi connectivity index (χ1v) is 6.68. The average molecular weight is 268 g/mol. The molecule has 108 valence electrons. The van der Waals surface area contributed by atoms with Crippen molar-refractivity contribution in [2.75, 3.05) is 0 Å². The van der Waals surface area contributed by atoms with Gasteiger partial charge < -0.3 is 19.2 Å². The van der Waals surface area contributed by atoms with Crippen molar-refractivity contribution >= 4 is 12.8 Å². The lowest BCUT2D eigenvalue weighted by Gasteiger charge is -2.38. The number of hydrogen-bond donors (Lipinski definition) is 2. The molecule has 1 aromatic rings. The van der Waals surface area contributed by atoms with E-state index in [9.17, 15) is 10.1 Å². The Morgan fingerprint density at radius 2 is 1.89 bits per heavy atom. The van der Waals surface area contributed by atoms with E-state index in [0.717, 1.165) is 12.0 Å². The van der Waals surface area contributed by atoms with Crippen LogP contribution >= 0.6 is 0 Å². The summed E-state index contributed by atoms with van der Waals surface area (Å²) in [5.74, 6) is 0.524. The lowest BCUT2D eigenvalue weighted by Crippen LogP contribution is -2.52. The van der Waals surface area contributed by atoms with Crippen molar-refractivity contribution in [2.24, 2.45) is 5.92 Å². The summed E-state index contributed by atoms with van der Waals surface area (Å²) in [4.78, 5) is 0. The molecule has 0 aliphatic carbocycles. The second-order valence-corrected chi connectivity index (χ2v) is 6.49. The molecular weight excluding hydrogens is 243 g/mol. The molecule has 0 aliphatic rings. The molecule has 2 N–H and O–H groups in total. The van der Waals surface area contributed by atoms with Gasteiger partial charge in [-0.2, -0.15) is 0 Å². The lowest BCUT2D eigenvalue weighted by atomic mass is 9.81. The molecule has 0 saturated carbocycles. The molecule has 1 heterocycles. The Labute approximate surface area is 115 Å². The molecule has 1 rings (SSSR count). The fourth-order valence-corrected chi connectivity index (χ4v) is 1.58. The first kappa shape index (κ1) is 16.3. The topological polar surface area (TPSA) is 62.8 Å². The van der Waals surface area contributed by atoms with Crippen LogP contribution in [0.5, 0.6) is 0 Å². The highest BCUT2D eigenvalue weighted by Gasteiger charge is 2.40. The van der Waals surface area contributed by atoms with Gasteiger partial charge in [0.15, 0.2) is 0 Å². The predicted octanol–water partition coefficient (Wildman–Crippen LogP) is 1.73. The van der Waals surface area contributed by atoms with Crippen LogP contribution in [0.4, 0.5) is 0 Å². The maximum atomic E-state index is 10.0. The third-order valence-corrected chi connectivity index (χ3v) is 3.44. The molecule has 0 amide bonds. The fourth-order valence-electron chi connectivity index (χ4n) is 1.58. The predicted molar refractivity (Wildman–Crippen MR) is 76.3 cm³/mol. The van der Waals surface area contributed by atoms with Crippen LogP contribution in [0.1, 0.15) is 47.1 Å². The maximum absolute atomic E-state index is 10.0. The first-order chi connectivity index (χ1) is 8.53. The van der Waals surface area contributed by atoms with E-state index in [4.69, 9.17) is 9.07 Å². The van der Waals surface area contributed by atoms with E-state index < -0.39 is 18.3 Å². The van der Waals surface area contributed by atoms with Gasteiger partial charge in [-0.3, -0.25) is 0 Å². The monoisotopic (exact) mass is 268 g/mol. The molecule has 4 nitrogen and oxygen atoms in total. The van der Waals surface area contributed by atoms with E-state index in [2.05, 4.69) is 13.8 Å². The zero-order chi connectivity index (χ0) is 14.8. The maximum Gasteiger partial charge on any atom is 0.529 e. The van der Waals surface area contributed by atoms with Gasteiger partial charge in [-0.05, 0) is 51.7 Å². The Morgan fingerprint density at radius 3 is 2.37 bits per heavy atom. The largest absolute Gasteiger partial charge is 0.529 e. The van der Waals surface area contributed by atoms with Crippen molar-refractivity contribution in [3.8, 4) is 0 Å². The molecule has 1 aromatic heterocycles. The smallest absolute Gasteiger partial charge is 0.473 e. The van der Waals surface area contributed by atoms with Gasteiger partial charge in [-0.25, -0.2) is 0 Å². The van der Waals surface area contributed by atoms with Crippen molar-refractivity contribution < 1.29 is 19.2 Å².